The van der Waals surface area contributed by atoms with Gasteiger partial charge < -0.3 is 5.32 Å². The molecule has 2 rings (SSSR count). The van der Waals surface area contributed by atoms with E-state index in [2.05, 4.69) is 5.32 Å². The first-order valence-corrected chi connectivity index (χ1v) is 6.80. The summed E-state index contributed by atoms with van der Waals surface area (Å²) >= 11 is 0. The molecule has 112 valence electrons. The molecule has 0 aliphatic carbocycles. The highest BCUT2D eigenvalue weighted by Gasteiger charge is 2.18. The summed E-state index contributed by atoms with van der Waals surface area (Å²) in [5.74, 6) is -3.75. The lowest BCUT2D eigenvalue weighted by atomic mass is 9.93. The van der Waals surface area contributed by atoms with Crippen LogP contribution in [-0.2, 0) is 6.42 Å². The molecule has 4 heteroatoms. The molecule has 2 aromatic carbocycles. The van der Waals surface area contributed by atoms with E-state index < -0.39 is 17.5 Å². The Morgan fingerprint density at radius 2 is 1.52 bits per heavy atom. The molecule has 0 spiro atoms. The SMILES string of the molecule is CNC(Cc1c(C)cccc1C)c1cc(F)c(F)c(F)c1. The summed E-state index contributed by atoms with van der Waals surface area (Å²) < 4.78 is 39.8. The Labute approximate surface area is 122 Å². The van der Waals surface area contributed by atoms with Crippen LogP contribution in [0.2, 0.25) is 0 Å². The second-order valence-electron chi connectivity index (χ2n) is 5.21. The fourth-order valence-electron chi connectivity index (χ4n) is 2.54. The first kappa shape index (κ1) is 15.6. The van der Waals surface area contributed by atoms with E-state index in [1.54, 1.807) is 7.05 Å². The molecule has 1 atom stereocenters. The molecule has 2 aromatic rings. The number of aryl methyl sites for hydroxylation is 2. The molecule has 0 fully saturated rings. The topological polar surface area (TPSA) is 12.0 Å². The first-order chi connectivity index (χ1) is 9.93. The van der Waals surface area contributed by atoms with E-state index in [0.29, 0.717) is 12.0 Å². The molecule has 1 N–H and O–H groups in total. The number of likely N-dealkylation sites (N-methyl/N-ethyl adjacent to an activating group) is 1. The Balaban J connectivity index is 2.37. The molecule has 0 aliphatic heterocycles. The molecule has 0 saturated carbocycles. The molecule has 1 unspecified atom stereocenters. The number of hydrogen-bond acceptors (Lipinski definition) is 1. The monoisotopic (exact) mass is 293 g/mol. The van der Waals surface area contributed by atoms with Crippen LogP contribution in [0.3, 0.4) is 0 Å². The maximum absolute atomic E-state index is 13.4. The van der Waals surface area contributed by atoms with Gasteiger partial charge in [0.25, 0.3) is 0 Å². The molecule has 21 heavy (non-hydrogen) atoms. The highest BCUT2D eigenvalue weighted by atomic mass is 19.2. The Bertz CT molecular complexity index is 609. The lowest BCUT2D eigenvalue weighted by molar-refractivity contribution is 0.441. The Morgan fingerprint density at radius 1 is 1.00 bits per heavy atom. The average Bonchev–Trinajstić information content (AvgIpc) is 2.44. The molecular formula is C17H18F3N. The zero-order valence-corrected chi connectivity index (χ0v) is 12.3. The lowest BCUT2D eigenvalue weighted by Crippen LogP contribution is -2.20. The van der Waals surface area contributed by atoms with E-state index in [1.165, 1.54) is 0 Å². The molecule has 0 radical (unpaired) electrons. The van der Waals surface area contributed by atoms with Gasteiger partial charge in [0.05, 0.1) is 0 Å². The van der Waals surface area contributed by atoms with Crippen molar-refractivity contribution in [1.29, 1.82) is 0 Å². The highest BCUT2D eigenvalue weighted by Crippen LogP contribution is 2.25. The van der Waals surface area contributed by atoms with Crippen LogP contribution in [0, 0.1) is 31.3 Å². The van der Waals surface area contributed by atoms with E-state index in [9.17, 15) is 13.2 Å². The molecule has 1 nitrogen and oxygen atoms in total. The van der Waals surface area contributed by atoms with Crippen molar-refractivity contribution >= 4 is 0 Å². The highest BCUT2D eigenvalue weighted by molar-refractivity contribution is 5.35. The lowest BCUT2D eigenvalue weighted by Gasteiger charge is -2.20. The van der Waals surface area contributed by atoms with Crippen molar-refractivity contribution in [3.63, 3.8) is 0 Å². The summed E-state index contributed by atoms with van der Waals surface area (Å²) in [5, 5.41) is 3.04. The van der Waals surface area contributed by atoms with E-state index >= 15 is 0 Å². The number of halogens is 3. The number of nitrogens with one attached hydrogen (secondary N) is 1. The van der Waals surface area contributed by atoms with Crippen molar-refractivity contribution in [3.05, 3.63) is 70.0 Å². The maximum Gasteiger partial charge on any atom is 0.194 e. The van der Waals surface area contributed by atoms with E-state index in [4.69, 9.17) is 0 Å². The predicted molar refractivity (Wildman–Crippen MR) is 77.7 cm³/mol. The van der Waals surface area contributed by atoms with E-state index in [1.807, 2.05) is 32.0 Å². The van der Waals surface area contributed by atoms with Crippen molar-refractivity contribution < 1.29 is 13.2 Å². The van der Waals surface area contributed by atoms with Crippen LogP contribution in [0.15, 0.2) is 30.3 Å². The molecule has 0 aliphatic rings. The second kappa shape index (κ2) is 6.31. The smallest absolute Gasteiger partial charge is 0.194 e. The van der Waals surface area contributed by atoms with Crippen molar-refractivity contribution in [2.75, 3.05) is 7.05 Å². The van der Waals surface area contributed by atoms with Crippen LogP contribution in [0.1, 0.15) is 28.3 Å². The molecule has 0 bridgehead atoms. The van der Waals surface area contributed by atoms with Gasteiger partial charge in [-0.2, -0.15) is 0 Å². The third-order valence-electron chi connectivity index (χ3n) is 3.81. The van der Waals surface area contributed by atoms with Gasteiger partial charge in [-0.05, 0) is 61.7 Å². The van der Waals surface area contributed by atoms with Gasteiger partial charge in [-0.3, -0.25) is 0 Å². The molecular weight excluding hydrogens is 275 g/mol. The van der Waals surface area contributed by atoms with Crippen LogP contribution in [0.25, 0.3) is 0 Å². The normalized spacial score (nSPS) is 12.5. The zero-order chi connectivity index (χ0) is 15.6. The number of benzene rings is 2. The molecule has 0 saturated heterocycles. The molecule has 0 heterocycles. The summed E-state index contributed by atoms with van der Waals surface area (Å²) in [6, 6.07) is 7.79. The Morgan fingerprint density at radius 3 is 2.00 bits per heavy atom. The minimum Gasteiger partial charge on any atom is -0.313 e. The Hall–Kier alpha value is -1.81. The van der Waals surface area contributed by atoms with Crippen LogP contribution in [-0.4, -0.2) is 7.05 Å². The van der Waals surface area contributed by atoms with Crippen molar-refractivity contribution in [2.45, 2.75) is 26.3 Å². The van der Waals surface area contributed by atoms with Crippen LogP contribution >= 0.6 is 0 Å². The Kier molecular flexibility index (Phi) is 4.68. The van der Waals surface area contributed by atoms with Crippen molar-refractivity contribution in [3.8, 4) is 0 Å². The fraction of sp³-hybridized carbons (Fsp3) is 0.294. The van der Waals surface area contributed by atoms with Crippen molar-refractivity contribution in [1.82, 2.24) is 5.32 Å². The number of hydrogen-bond donors (Lipinski definition) is 1. The third-order valence-corrected chi connectivity index (χ3v) is 3.81. The van der Waals surface area contributed by atoms with Gasteiger partial charge in [0.1, 0.15) is 0 Å². The fourth-order valence-corrected chi connectivity index (χ4v) is 2.54. The minimum atomic E-state index is -1.43. The van der Waals surface area contributed by atoms with Gasteiger partial charge in [-0.1, -0.05) is 18.2 Å². The summed E-state index contributed by atoms with van der Waals surface area (Å²) in [5.41, 5.74) is 3.77. The van der Waals surface area contributed by atoms with Crippen LogP contribution in [0.5, 0.6) is 0 Å². The maximum atomic E-state index is 13.4. The van der Waals surface area contributed by atoms with Gasteiger partial charge >= 0.3 is 0 Å². The van der Waals surface area contributed by atoms with Gasteiger partial charge in [0.2, 0.25) is 0 Å². The first-order valence-electron chi connectivity index (χ1n) is 6.80. The van der Waals surface area contributed by atoms with Gasteiger partial charge in [0, 0.05) is 6.04 Å². The van der Waals surface area contributed by atoms with E-state index in [0.717, 1.165) is 28.8 Å². The van der Waals surface area contributed by atoms with Crippen LogP contribution < -0.4 is 5.32 Å². The van der Waals surface area contributed by atoms with Gasteiger partial charge in [-0.25, -0.2) is 13.2 Å². The van der Waals surface area contributed by atoms with Gasteiger partial charge in [-0.15, -0.1) is 0 Å². The summed E-state index contributed by atoms with van der Waals surface area (Å²) in [6.07, 6.45) is 0.583. The van der Waals surface area contributed by atoms with E-state index in [-0.39, 0.29) is 6.04 Å². The predicted octanol–water partition coefficient (Wildman–Crippen LogP) is 4.22. The van der Waals surface area contributed by atoms with Gasteiger partial charge in [0.15, 0.2) is 17.5 Å². The zero-order valence-electron chi connectivity index (χ0n) is 12.3. The van der Waals surface area contributed by atoms with Crippen LogP contribution in [0.4, 0.5) is 13.2 Å². The molecule has 0 aromatic heterocycles. The van der Waals surface area contributed by atoms with Crippen molar-refractivity contribution in [2.24, 2.45) is 0 Å². The second-order valence-corrected chi connectivity index (χ2v) is 5.21. The quantitative estimate of drug-likeness (QED) is 0.832. The summed E-state index contributed by atoms with van der Waals surface area (Å²) in [7, 11) is 1.72. The average molecular weight is 293 g/mol. The molecule has 0 amide bonds. The number of rotatable bonds is 4. The largest absolute Gasteiger partial charge is 0.313 e. The third kappa shape index (κ3) is 3.27. The minimum absolute atomic E-state index is 0.283. The summed E-state index contributed by atoms with van der Waals surface area (Å²) in [4.78, 5) is 0. The summed E-state index contributed by atoms with van der Waals surface area (Å²) in [6.45, 7) is 4.00. The standard InChI is InChI=1S/C17H18F3N/c1-10-5-4-6-11(2)13(10)9-16(21-3)12-7-14(18)17(20)15(19)8-12/h4-8,16,21H,9H2,1-3H3.